The lowest BCUT2D eigenvalue weighted by Gasteiger charge is -2.04. The number of imidazole rings is 1. The Bertz CT molecular complexity index is 507. The SMILES string of the molecule is COCCCNC(=O)c1cnc2ccccn12. The average Bonchev–Trinajstić information content (AvgIpc) is 2.78. The van der Waals surface area contributed by atoms with E-state index in [1.165, 1.54) is 0 Å². The van der Waals surface area contributed by atoms with Gasteiger partial charge in [0.2, 0.25) is 0 Å². The molecule has 2 aromatic rings. The number of amides is 1. The Hall–Kier alpha value is -1.88. The van der Waals surface area contributed by atoms with Gasteiger partial charge in [0.1, 0.15) is 11.3 Å². The van der Waals surface area contributed by atoms with E-state index in [0.717, 1.165) is 12.1 Å². The molecule has 2 heterocycles. The van der Waals surface area contributed by atoms with E-state index in [1.54, 1.807) is 17.7 Å². The van der Waals surface area contributed by atoms with Gasteiger partial charge in [-0.15, -0.1) is 0 Å². The number of nitrogens with zero attached hydrogens (tertiary/aromatic N) is 2. The van der Waals surface area contributed by atoms with E-state index in [9.17, 15) is 4.79 Å². The van der Waals surface area contributed by atoms with Gasteiger partial charge in [0.05, 0.1) is 6.20 Å². The van der Waals surface area contributed by atoms with Gasteiger partial charge in [-0.1, -0.05) is 6.07 Å². The number of nitrogens with one attached hydrogen (secondary N) is 1. The molecular formula is C12H15N3O2. The summed E-state index contributed by atoms with van der Waals surface area (Å²) in [6.45, 7) is 1.25. The van der Waals surface area contributed by atoms with Gasteiger partial charge < -0.3 is 10.1 Å². The number of fused-ring (bicyclic) bond motifs is 1. The normalized spacial score (nSPS) is 10.6. The van der Waals surface area contributed by atoms with Crippen LogP contribution < -0.4 is 5.32 Å². The smallest absolute Gasteiger partial charge is 0.269 e. The molecule has 1 N–H and O–H groups in total. The number of carbonyl (C=O) groups is 1. The quantitative estimate of drug-likeness (QED) is 0.787. The van der Waals surface area contributed by atoms with Crippen molar-refractivity contribution < 1.29 is 9.53 Å². The Balaban J connectivity index is 2.04. The second-order valence-corrected chi connectivity index (χ2v) is 3.67. The Morgan fingerprint density at radius 2 is 2.41 bits per heavy atom. The van der Waals surface area contributed by atoms with Gasteiger partial charge in [-0.25, -0.2) is 4.98 Å². The minimum atomic E-state index is -0.111. The van der Waals surface area contributed by atoms with Crippen molar-refractivity contribution in [2.24, 2.45) is 0 Å². The molecule has 0 saturated heterocycles. The van der Waals surface area contributed by atoms with E-state index in [4.69, 9.17) is 4.74 Å². The van der Waals surface area contributed by atoms with Gasteiger partial charge in [0, 0.05) is 26.5 Å². The zero-order chi connectivity index (χ0) is 12.1. The summed E-state index contributed by atoms with van der Waals surface area (Å²) in [4.78, 5) is 16.0. The van der Waals surface area contributed by atoms with Crippen LogP contribution in [0.1, 0.15) is 16.9 Å². The van der Waals surface area contributed by atoms with Crippen LogP contribution in [0.15, 0.2) is 30.6 Å². The fraction of sp³-hybridized carbons (Fsp3) is 0.333. The highest BCUT2D eigenvalue weighted by molar-refractivity contribution is 5.93. The van der Waals surface area contributed by atoms with Crippen LogP contribution in [-0.2, 0) is 4.74 Å². The van der Waals surface area contributed by atoms with Crippen LogP contribution in [0.5, 0.6) is 0 Å². The maximum Gasteiger partial charge on any atom is 0.269 e. The first-order valence-electron chi connectivity index (χ1n) is 5.52. The molecule has 5 heteroatoms. The van der Waals surface area contributed by atoms with E-state index in [-0.39, 0.29) is 5.91 Å². The molecule has 0 fully saturated rings. The summed E-state index contributed by atoms with van der Waals surface area (Å²) in [5.41, 5.74) is 1.33. The summed E-state index contributed by atoms with van der Waals surface area (Å²) in [5.74, 6) is -0.111. The third kappa shape index (κ3) is 2.62. The van der Waals surface area contributed by atoms with Gasteiger partial charge in [-0.05, 0) is 18.6 Å². The lowest BCUT2D eigenvalue weighted by atomic mass is 10.4. The first-order valence-corrected chi connectivity index (χ1v) is 5.52. The van der Waals surface area contributed by atoms with Gasteiger partial charge in [0.25, 0.3) is 5.91 Å². The van der Waals surface area contributed by atoms with Crippen LogP contribution in [-0.4, -0.2) is 35.6 Å². The number of ether oxygens (including phenoxy) is 1. The number of methoxy groups -OCH3 is 1. The highest BCUT2D eigenvalue weighted by Crippen LogP contribution is 2.05. The van der Waals surface area contributed by atoms with Crippen LogP contribution >= 0.6 is 0 Å². The van der Waals surface area contributed by atoms with Crippen molar-refractivity contribution in [3.8, 4) is 0 Å². The summed E-state index contributed by atoms with van der Waals surface area (Å²) in [6, 6.07) is 5.63. The first-order chi connectivity index (χ1) is 8.33. The minimum Gasteiger partial charge on any atom is -0.385 e. The van der Waals surface area contributed by atoms with Crippen LogP contribution in [0, 0.1) is 0 Å². The lowest BCUT2D eigenvalue weighted by molar-refractivity contribution is 0.0943. The summed E-state index contributed by atoms with van der Waals surface area (Å²) in [5, 5.41) is 2.83. The predicted molar refractivity (Wildman–Crippen MR) is 64.0 cm³/mol. The molecule has 5 nitrogen and oxygen atoms in total. The van der Waals surface area contributed by atoms with E-state index >= 15 is 0 Å². The van der Waals surface area contributed by atoms with Crippen molar-refractivity contribution in [3.63, 3.8) is 0 Å². The molecule has 0 aliphatic rings. The fourth-order valence-electron chi connectivity index (χ4n) is 1.61. The molecule has 17 heavy (non-hydrogen) atoms. The molecule has 0 radical (unpaired) electrons. The number of hydrogen-bond donors (Lipinski definition) is 1. The Morgan fingerprint density at radius 3 is 3.24 bits per heavy atom. The van der Waals surface area contributed by atoms with Crippen molar-refractivity contribution >= 4 is 11.6 Å². The summed E-state index contributed by atoms with van der Waals surface area (Å²) < 4.78 is 6.69. The second-order valence-electron chi connectivity index (χ2n) is 3.67. The van der Waals surface area contributed by atoms with Crippen LogP contribution in [0.3, 0.4) is 0 Å². The molecule has 0 spiro atoms. The van der Waals surface area contributed by atoms with Crippen molar-refractivity contribution in [1.82, 2.24) is 14.7 Å². The van der Waals surface area contributed by atoms with E-state index in [2.05, 4.69) is 10.3 Å². The maximum absolute atomic E-state index is 11.9. The maximum atomic E-state index is 11.9. The summed E-state index contributed by atoms with van der Waals surface area (Å²) in [6.07, 6.45) is 4.21. The van der Waals surface area contributed by atoms with Gasteiger partial charge in [0.15, 0.2) is 0 Å². The zero-order valence-electron chi connectivity index (χ0n) is 9.72. The summed E-state index contributed by atoms with van der Waals surface area (Å²) in [7, 11) is 1.65. The molecular weight excluding hydrogens is 218 g/mol. The molecule has 1 amide bonds. The third-order valence-electron chi connectivity index (χ3n) is 2.46. The molecule has 0 aliphatic heterocycles. The Kier molecular flexibility index (Phi) is 3.72. The molecule has 0 bridgehead atoms. The summed E-state index contributed by atoms with van der Waals surface area (Å²) >= 11 is 0. The van der Waals surface area contributed by atoms with Gasteiger partial charge in [-0.3, -0.25) is 9.20 Å². The molecule has 0 unspecified atom stereocenters. The Morgan fingerprint density at radius 1 is 1.53 bits per heavy atom. The third-order valence-corrected chi connectivity index (χ3v) is 2.46. The van der Waals surface area contributed by atoms with Crippen molar-refractivity contribution in [2.45, 2.75) is 6.42 Å². The minimum absolute atomic E-state index is 0.111. The predicted octanol–water partition coefficient (Wildman–Crippen LogP) is 1.10. The number of aromatic nitrogens is 2. The van der Waals surface area contributed by atoms with E-state index in [0.29, 0.717) is 18.8 Å². The topological polar surface area (TPSA) is 55.6 Å². The molecule has 2 aromatic heterocycles. The number of hydrogen-bond acceptors (Lipinski definition) is 3. The van der Waals surface area contributed by atoms with E-state index in [1.807, 2.05) is 24.4 Å². The zero-order valence-corrected chi connectivity index (χ0v) is 9.72. The number of pyridine rings is 1. The highest BCUT2D eigenvalue weighted by Gasteiger charge is 2.10. The van der Waals surface area contributed by atoms with Crippen LogP contribution in [0.4, 0.5) is 0 Å². The Labute approximate surface area is 99.4 Å². The molecule has 0 aliphatic carbocycles. The fourth-order valence-corrected chi connectivity index (χ4v) is 1.61. The highest BCUT2D eigenvalue weighted by atomic mass is 16.5. The van der Waals surface area contributed by atoms with Crippen molar-refractivity contribution in [3.05, 3.63) is 36.3 Å². The molecule has 90 valence electrons. The largest absolute Gasteiger partial charge is 0.385 e. The molecule has 0 aromatic carbocycles. The van der Waals surface area contributed by atoms with Crippen molar-refractivity contribution in [2.75, 3.05) is 20.3 Å². The number of carbonyl (C=O) groups excluding carboxylic acids is 1. The van der Waals surface area contributed by atoms with Crippen LogP contribution in [0.25, 0.3) is 5.65 Å². The monoisotopic (exact) mass is 233 g/mol. The standard InChI is InChI=1S/C12H15N3O2/c1-17-8-4-6-13-12(16)10-9-14-11-5-2-3-7-15(10)11/h2-3,5,7,9H,4,6,8H2,1H3,(H,13,16). The first kappa shape index (κ1) is 11.6. The number of rotatable bonds is 5. The average molecular weight is 233 g/mol. The van der Waals surface area contributed by atoms with Gasteiger partial charge in [-0.2, -0.15) is 0 Å². The second kappa shape index (κ2) is 5.45. The molecule has 0 saturated carbocycles. The molecule has 2 rings (SSSR count). The van der Waals surface area contributed by atoms with Gasteiger partial charge >= 0.3 is 0 Å². The van der Waals surface area contributed by atoms with Crippen molar-refractivity contribution in [1.29, 1.82) is 0 Å². The van der Waals surface area contributed by atoms with E-state index < -0.39 is 0 Å². The molecule has 0 atom stereocenters. The lowest BCUT2D eigenvalue weighted by Crippen LogP contribution is -2.26. The van der Waals surface area contributed by atoms with Crippen LogP contribution in [0.2, 0.25) is 0 Å².